The Kier molecular flexibility index (Phi) is 4.55. The van der Waals surface area contributed by atoms with Crippen LogP contribution in [0, 0.1) is 5.92 Å². The molecular formula is C13H26N2O2. The second-order valence-electron chi connectivity index (χ2n) is 5.99. The molecule has 1 saturated heterocycles. The largest absolute Gasteiger partial charge is 0.480 e. The second-order valence-corrected chi connectivity index (χ2v) is 5.99. The summed E-state index contributed by atoms with van der Waals surface area (Å²) in [6.45, 7) is 9.24. The summed E-state index contributed by atoms with van der Waals surface area (Å²) >= 11 is 0. The van der Waals surface area contributed by atoms with Crippen LogP contribution < -0.4 is 5.73 Å². The zero-order valence-electron chi connectivity index (χ0n) is 11.4. The molecule has 4 unspecified atom stereocenters. The number of hydrogen-bond donors (Lipinski definition) is 2. The number of rotatable bonds is 4. The van der Waals surface area contributed by atoms with Crippen LogP contribution in [0.4, 0.5) is 0 Å². The molecule has 100 valence electrons. The Morgan fingerprint density at radius 1 is 1.59 bits per heavy atom. The summed E-state index contributed by atoms with van der Waals surface area (Å²) in [7, 11) is 0. The normalized spacial score (nSPS) is 31.8. The number of carboxylic acids is 1. The van der Waals surface area contributed by atoms with Crippen molar-refractivity contribution in [3.63, 3.8) is 0 Å². The van der Waals surface area contributed by atoms with Gasteiger partial charge in [-0.25, -0.2) is 0 Å². The van der Waals surface area contributed by atoms with Crippen molar-refractivity contribution >= 4 is 5.97 Å². The van der Waals surface area contributed by atoms with E-state index >= 15 is 0 Å². The number of likely N-dealkylation sites (tertiary alicyclic amines) is 1. The molecule has 1 fully saturated rings. The van der Waals surface area contributed by atoms with Crippen LogP contribution in [0.15, 0.2) is 0 Å². The molecule has 1 aliphatic heterocycles. The predicted molar refractivity (Wildman–Crippen MR) is 68.9 cm³/mol. The number of piperidine rings is 1. The first-order chi connectivity index (χ1) is 7.74. The lowest BCUT2D eigenvalue weighted by Crippen LogP contribution is -2.53. The Balaban J connectivity index is 2.58. The van der Waals surface area contributed by atoms with Crippen molar-refractivity contribution in [2.45, 2.75) is 64.6 Å². The molecule has 0 amide bonds. The molecule has 0 saturated carbocycles. The van der Waals surface area contributed by atoms with E-state index in [0.717, 1.165) is 12.5 Å². The molecule has 0 bridgehead atoms. The summed E-state index contributed by atoms with van der Waals surface area (Å²) < 4.78 is 0. The lowest BCUT2D eigenvalue weighted by Gasteiger charge is -2.42. The topological polar surface area (TPSA) is 66.6 Å². The van der Waals surface area contributed by atoms with Crippen molar-refractivity contribution in [3.05, 3.63) is 0 Å². The lowest BCUT2D eigenvalue weighted by atomic mass is 9.88. The van der Waals surface area contributed by atoms with Crippen LogP contribution in [0.2, 0.25) is 0 Å². The SMILES string of the molecule is CC1CCN(C(C)CC(C)(N)C(=O)O)C(C)C1. The van der Waals surface area contributed by atoms with Crippen molar-refractivity contribution in [3.8, 4) is 0 Å². The van der Waals surface area contributed by atoms with Gasteiger partial charge in [-0.2, -0.15) is 0 Å². The number of carboxylic acid groups (broad SMARTS) is 1. The standard InChI is InChI=1S/C13H26N2O2/c1-9-5-6-15(10(2)7-9)11(3)8-13(4,14)12(16)17/h9-11H,5-8,14H2,1-4H3,(H,16,17). The summed E-state index contributed by atoms with van der Waals surface area (Å²) in [5.74, 6) is -0.139. The maximum atomic E-state index is 11.0. The van der Waals surface area contributed by atoms with Gasteiger partial charge in [-0.1, -0.05) is 6.92 Å². The molecule has 0 aromatic carbocycles. The van der Waals surface area contributed by atoms with Crippen LogP contribution in [-0.2, 0) is 4.79 Å². The van der Waals surface area contributed by atoms with Crippen LogP contribution >= 0.6 is 0 Å². The summed E-state index contributed by atoms with van der Waals surface area (Å²) in [4.78, 5) is 13.4. The van der Waals surface area contributed by atoms with E-state index < -0.39 is 11.5 Å². The minimum atomic E-state index is -1.12. The number of hydrogen-bond acceptors (Lipinski definition) is 3. The molecule has 4 nitrogen and oxygen atoms in total. The van der Waals surface area contributed by atoms with E-state index in [9.17, 15) is 4.79 Å². The molecule has 4 atom stereocenters. The minimum Gasteiger partial charge on any atom is -0.480 e. The van der Waals surface area contributed by atoms with E-state index in [1.807, 2.05) is 0 Å². The Hall–Kier alpha value is -0.610. The van der Waals surface area contributed by atoms with Crippen LogP contribution in [0.25, 0.3) is 0 Å². The zero-order valence-corrected chi connectivity index (χ0v) is 11.4. The maximum absolute atomic E-state index is 11.0. The van der Waals surface area contributed by atoms with Gasteiger partial charge in [-0.3, -0.25) is 9.69 Å². The van der Waals surface area contributed by atoms with E-state index in [4.69, 9.17) is 10.8 Å². The molecule has 0 radical (unpaired) electrons. The minimum absolute atomic E-state index is 0.226. The Bertz CT molecular complexity index is 279. The molecule has 0 aliphatic carbocycles. The van der Waals surface area contributed by atoms with E-state index in [1.165, 1.54) is 12.8 Å². The van der Waals surface area contributed by atoms with Gasteiger partial charge < -0.3 is 10.8 Å². The van der Waals surface area contributed by atoms with Gasteiger partial charge in [0.05, 0.1) is 0 Å². The van der Waals surface area contributed by atoms with E-state index in [0.29, 0.717) is 12.5 Å². The van der Waals surface area contributed by atoms with Crippen molar-refractivity contribution in [2.24, 2.45) is 11.7 Å². The third-order valence-corrected chi connectivity index (χ3v) is 3.96. The highest BCUT2D eigenvalue weighted by Gasteiger charge is 2.34. The van der Waals surface area contributed by atoms with Gasteiger partial charge in [0.1, 0.15) is 5.54 Å². The van der Waals surface area contributed by atoms with Crippen molar-refractivity contribution < 1.29 is 9.90 Å². The van der Waals surface area contributed by atoms with Crippen LogP contribution in [0.1, 0.15) is 47.0 Å². The molecule has 4 heteroatoms. The van der Waals surface area contributed by atoms with Crippen molar-refractivity contribution in [2.75, 3.05) is 6.54 Å². The molecule has 0 aromatic rings. The summed E-state index contributed by atoms with van der Waals surface area (Å²) in [5.41, 5.74) is 4.69. The number of nitrogens with zero attached hydrogens (tertiary/aromatic N) is 1. The molecular weight excluding hydrogens is 216 g/mol. The number of aliphatic carboxylic acids is 1. The fourth-order valence-electron chi connectivity index (χ4n) is 2.90. The molecule has 1 rings (SSSR count). The first-order valence-corrected chi connectivity index (χ1v) is 6.52. The average molecular weight is 242 g/mol. The fraction of sp³-hybridized carbons (Fsp3) is 0.923. The third kappa shape index (κ3) is 3.68. The van der Waals surface area contributed by atoms with Gasteiger partial charge in [-0.15, -0.1) is 0 Å². The molecule has 3 N–H and O–H groups in total. The highest BCUT2D eigenvalue weighted by molar-refractivity contribution is 5.77. The summed E-state index contributed by atoms with van der Waals surface area (Å²) in [5, 5.41) is 9.05. The molecule has 0 aromatic heterocycles. The molecule has 1 heterocycles. The van der Waals surface area contributed by atoms with Crippen LogP contribution in [0.5, 0.6) is 0 Å². The van der Waals surface area contributed by atoms with Gasteiger partial charge in [-0.05, 0) is 52.5 Å². The molecule has 0 spiro atoms. The van der Waals surface area contributed by atoms with Crippen molar-refractivity contribution in [1.29, 1.82) is 0 Å². The van der Waals surface area contributed by atoms with E-state index in [-0.39, 0.29) is 6.04 Å². The van der Waals surface area contributed by atoms with Crippen molar-refractivity contribution in [1.82, 2.24) is 4.90 Å². The number of carbonyl (C=O) groups is 1. The first-order valence-electron chi connectivity index (χ1n) is 6.52. The Morgan fingerprint density at radius 2 is 2.18 bits per heavy atom. The lowest BCUT2D eigenvalue weighted by molar-refractivity contribution is -0.143. The highest BCUT2D eigenvalue weighted by Crippen LogP contribution is 2.26. The zero-order chi connectivity index (χ0) is 13.2. The molecule has 17 heavy (non-hydrogen) atoms. The predicted octanol–water partition coefficient (Wildman–Crippen LogP) is 1.69. The molecule has 1 aliphatic rings. The van der Waals surface area contributed by atoms with E-state index in [2.05, 4.69) is 25.7 Å². The fourth-order valence-corrected chi connectivity index (χ4v) is 2.90. The Morgan fingerprint density at radius 3 is 2.65 bits per heavy atom. The smallest absolute Gasteiger partial charge is 0.323 e. The number of nitrogens with two attached hydrogens (primary N) is 1. The van der Waals surface area contributed by atoms with Crippen LogP contribution in [-0.4, -0.2) is 40.1 Å². The quantitative estimate of drug-likeness (QED) is 0.787. The van der Waals surface area contributed by atoms with Gasteiger partial charge >= 0.3 is 5.97 Å². The second kappa shape index (κ2) is 5.36. The van der Waals surface area contributed by atoms with Gasteiger partial charge in [0.2, 0.25) is 0 Å². The average Bonchev–Trinajstić information content (AvgIpc) is 2.15. The van der Waals surface area contributed by atoms with Gasteiger partial charge in [0.15, 0.2) is 0 Å². The van der Waals surface area contributed by atoms with Crippen LogP contribution in [0.3, 0.4) is 0 Å². The third-order valence-electron chi connectivity index (χ3n) is 3.96. The maximum Gasteiger partial charge on any atom is 0.323 e. The first kappa shape index (κ1) is 14.5. The Labute approximate surface area is 104 Å². The highest BCUT2D eigenvalue weighted by atomic mass is 16.4. The van der Waals surface area contributed by atoms with Gasteiger partial charge in [0, 0.05) is 12.1 Å². The summed E-state index contributed by atoms with van der Waals surface area (Å²) in [6, 6.07) is 0.752. The van der Waals surface area contributed by atoms with E-state index in [1.54, 1.807) is 6.92 Å². The summed E-state index contributed by atoms with van der Waals surface area (Å²) in [6.07, 6.45) is 2.89. The monoisotopic (exact) mass is 242 g/mol. The van der Waals surface area contributed by atoms with Gasteiger partial charge in [0.25, 0.3) is 0 Å².